The van der Waals surface area contributed by atoms with Crippen LogP contribution in [0.25, 0.3) is 0 Å². The van der Waals surface area contributed by atoms with E-state index in [1.54, 1.807) is 13.8 Å². The zero-order chi connectivity index (χ0) is 27.7. The summed E-state index contributed by atoms with van der Waals surface area (Å²) in [4.78, 5) is 25.9. The Kier molecular flexibility index (Phi) is 5.53. The second-order valence-corrected chi connectivity index (χ2v) is 13.4. The van der Waals surface area contributed by atoms with Crippen LogP contribution in [0, 0.1) is 28.6 Å². The van der Waals surface area contributed by atoms with E-state index < -0.39 is 70.6 Å². The number of esters is 1. The predicted molar refractivity (Wildman–Crippen MR) is 133 cm³/mol. The van der Waals surface area contributed by atoms with Gasteiger partial charge >= 0.3 is 5.97 Å². The van der Waals surface area contributed by atoms with Crippen molar-refractivity contribution in [1.82, 2.24) is 0 Å². The van der Waals surface area contributed by atoms with Gasteiger partial charge < -0.3 is 39.4 Å². The van der Waals surface area contributed by atoms with Crippen LogP contribution in [0.4, 0.5) is 0 Å². The molecule has 0 spiro atoms. The molecular formula is C29H38O10. The van der Waals surface area contributed by atoms with Gasteiger partial charge in [0.05, 0.1) is 23.2 Å². The summed E-state index contributed by atoms with van der Waals surface area (Å²) in [6.45, 7) is 5.66. The maximum Gasteiger partial charge on any atom is 0.331 e. The summed E-state index contributed by atoms with van der Waals surface area (Å²) in [5.41, 5.74) is -1.56. The first-order chi connectivity index (χ1) is 18.3. The standard InChI is InChI=1S/C29H38O10/c1-13-8-20(30)29(35)25(37-13)38-18-10-15-4-5-17-22(26(15,2)11-19(18)39-29)23(32)24(33)27(3)16(6-7-28(17,27)34)14-9-21(31)36-12-14/h9-10,13,16-20,22-23,25,30,32,34-35H,4-8,11-12H2,1-3H3. The van der Waals surface area contributed by atoms with Crippen molar-refractivity contribution in [3.8, 4) is 0 Å². The van der Waals surface area contributed by atoms with Crippen LogP contribution in [-0.4, -0.2) is 87.0 Å². The van der Waals surface area contributed by atoms with Crippen LogP contribution in [0.15, 0.2) is 23.3 Å². The highest BCUT2D eigenvalue weighted by Crippen LogP contribution is 2.68. The Morgan fingerprint density at radius 1 is 1.08 bits per heavy atom. The van der Waals surface area contributed by atoms with E-state index in [2.05, 4.69) is 0 Å². The van der Waals surface area contributed by atoms with E-state index in [0.717, 1.165) is 5.57 Å². The van der Waals surface area contributed by atoms with Gasteiger partial charge in [0.2, 0.25) is 12.1 Å². The molecule has 0 aromatic carbocycles. The van der Waals surface area contributed by atoms with Gasteiger partial charge in [0.1, 0.15) is 24.9 Å². The van der Waals surface area contributed by atoms with Crippen molar-refractivity contribution in [3.63, 3.8) is 0 Å². The van der Waals surface area contributed by atoms with Gasteiger partial charge in [-0.05, 0) is 68.8 Å². The summed E-state index contributed by atoms with van der Waals surface area (Å²) in [6, 6.07) is 0. The molecule has 214 valence electrons. The minimum atomic E-state index is -2.02. The molecule has 13 atom stereocenters. The number of fused-ring (bicyclic) bond motifs is 7. The first-order valence-electron chi connectivity index (χ1n) is 14.3. The lowest BCUT2D eigenvalue weighted by molar-refractivity contribution is -0.448. The number of ether oxygens (including phenoxy) is 4. The third kappa shape index (κ3) is 3.22. The summed E-state index contributed by atoms with van der Waals surface area (Å²) >= 11 is 0. The Hall–Kier alpha value is -1.66. The average molecular weight is 547 g/mol. The van der Waals surface area contributed by atoms with Crippen molar-refractivity contribution < 1.29 is 49.0 Å². The molecule has 0 radical (unpaired) electrons. The Labute approximate surface area is 226 Å². The van der Waals surface area contributed by atoms with Gasteiger partial charge in [0.25, 0.3) is 0 Å². The maximum absolute atomic E-state index is 14.1. The molecule has 4 N–H and O–H groups in total. The van der Waals surface area contributed by atoms with Crippen molar-refractivity contribution in [2.24, 2.45) is 28.6 Å². The molecule has 0 aromatic heterocycles. The summed E-state index contributed by atoms with van der Waals surface area (Å²) in [5, 5.41) is 46.1. The number of rotatable bonds is 1. The Morgan fingerprint density at radius 3 is 2.56 bits per heavy atom. The molecule has 5 fully saturated rings. The number of aliphatic hydroxyl groups is 4. The van der Waals surface area contributed by atoms with E-state index in [4.69, 9.17) is 18.9 Å². The third-order valence-corrected chi connectivity index (χ3v) is 11.6. The summed E-state index contributed by atoms with van der Waals surface area (Å²) in [5.74, 6) is -4.17. The molecule has 0 bridgehead atoms. The van der Waals surface area contributed by atoms with Gasteiger partial charge in [-0.3, -0.25) is 4.79 Å². The largest absolute Gasteiger partial charge is 0.458 e. The van der Waals surface area contributed by atoms with Crippen LogP contribution in [0.1, 0.15) is 59.3 Å². The zero-order valence-corrected chi connectivity index (χ0v) is 22.5. The van der Waals surface area contributed by atoms with Crippen molar-refractivity contribution >= 4 is 11.8 Å². The molecule has 4 aliphatic carbocycles. The lowest BCUT2D eigenvalue weighted by Crippen LogP contribution is -2.71. The number of Topliss-reactive ketones (excluding diaryl/α,β-unsaturated/α-hetero) is 1. The minimum Gasteiger partial charge on any atom is -0.458 e. The SMILES string of the molecule is CC1CC(O)C2(O)OC3CC4(C)C(=CC3OC2O1)CCC1C4C(O)C(=O)C2(C)C(C3=CC(=O)OC3)CCC12O. The van der Waals surface area contributed by atoms with Crippen molar-refractivity contribution in [1.29, 1.82) is 0 Å². The minimum absolute atomic E-state index is 0.107. The number of aliphatic hydroxyl groups excluding tert-OH is 2. The molecule has 3 aliphatic heterocycles. The molecule has 10 nitrogen and oxygen atoms in total. The highest BCUT2D eigenvalue weighted by Gasteiger charge is 2.74. The lowest BCUT2D eigenvalue weighted by Gasteiger charge is -2.63. The molecule has 0 aromatic rings. The Morgan fingerprint density at radius 2 is 1.85 bits per heavy atom. The van der Waals surface area contributed by atoms with Gasteiger partial charge in [-0.15, -0.1) is 0 Å². The van der Waals surface area contributed by atoms with Crippen LogP contribution in [0.5, 0.6) is 0 Å². The highest BCUT2D eigenvalue weighted by atomic mass is 16.8. The quantitative estimate of drug-likeness (QED) is 0.276. The third-order valence-electron chi connectivity index (χ3n) is 11.6. The van der Waals surface area contributed by atoms with Crippen LogP contribution in [0.3, 0.4) is 0 Å². The molecule has 13 unspecified atom stereocenters. The molecule has 10 heteroatoms. The number of carbonyl (C=O) groups is 2. The smallest absolute Gasteiger partial charge is 0.331 e. The first-order valence-corrected chi connectivity index (χ1v) is 14.3. The Bertz CT molecular complexity index is 1180. The molecule has 3 saturated carbocycles. The average Bonchev–Trinajstić information content (AvgIpc) is 3.41. The number of ketones is 1. The van der Waals surface area contributed by atoms with E-state index in [-0.39, 0.29) is 31.0 Å². The predicted octanol–water partition coefficient (Wildman–Crippen LogP) is 0.892. The van der Waals surface area contributed by atoms with Crippen molar-refractivity contribution in [3.05, 3.63) is 23.3 Å². The highest BCUT2D eigenvalue weighted by molar-refractivity contribution is 5.93. The number of allylic oxidation sites excluding steroid dienone is 1. The van der Waals surface area contributed by atoms with Gasteiger partial charge in [-0.25, -0.2) is 4.79 Å². The Balaban J connectivity index is 1.24. The summed E-state index contributed by atoms with van der Waals surface area (Å²) in [6.07, 6.45) is 1.02. The van der Waals surface area contributed by atoms with Crippen LogP contribution in [-0.2, 0) is 28.5 Å². The van der Waals surface area contributed by atoms with Crippen LogP contribution >= 0.6 is 0 Å². The van der Waals surface area contributed by atoms with Gasteiger partial charge in [0.15, 0.2) is 5.78 Å². The molecule has 0 amide bonds. The van der Waals surface area contributed by atoms with Crippen LogP contribution < -0.4 is 0 Å². The summed E-state index contributed by atoms with van der Waals surface area (Å²) in [7, 11) is 0. The zero-order valence-electron chi connectivity index (χ0n) is 22.5. The van der Waals surface area contributed by atoms with E-state index in [1.807, 2.05) is 13.0 Å². The molecule has 39 heavy (non-hydrogen) atoms. The molecule has 7 aliphatic rings. The van der Waals surface area contributed by atoms with E-state index in [1.165, 1.54) is 6.08 Å². The van der Waals surface area contributed by atoms with Gasteiger partial charge in [-0.1, -0.05) is 18.6 Å². The van der Waals surface area contributed by atoms with Gasteiger partial charge in [0, 0.05) is 18.4 Å². The monoisotopic (exact) mass is 546 g/mol. The topological polar surface area (TPSA) is 152 Å². The fourth-order valence-electron chi connectivity index (χ4n) is 9.59. The number of carbonyl (C=O) groups excluding carboxylic acids is 2. The number of hydrogen-bond donors (Lipinski definition) is 4. The fraction of sp³-hybridized carbons (Fsp3) is 0.793. The van der Waals surface area contributed by atoms with Crippen molar-refractivity contribution in [2.45, 2.75) is 107 Å². The first kappa shape index (κ1) is 26.3. The summed E-state index contributed by atoms with van der Waals surface area (Å²) < 4.78 is 23.2. The second-order valence-electron chi connectivity index (χ2n) is 13.4. The fourth-order valence-corrected chi connectivity index (χ4v) is 9.59. The number of cyclic esters (lactones) is 1. The number of hydrogen-bond acceptors (Lipinski definition) is 10. The maximum atomic E-state index is 14.1. The lowest BCUT2D eigenvalue weighted by atomic mass is 9.43. The molecule has 3 heterocycles. The molecule has 2 saturated heterocycles. The van der Waals surface area contributed by atoms with Crippen molar-refractivity contribution in [2.75, 3.05) is 6.61 Å². The normalized spacial score (nSPS) is 56.3. The van der Waals surface area contributed by atoms with E-state index in [0.29, 0.717) is 37.7 Å². The van der Waals surface area contributed by atoms with Crippen LogP contribution in [0.2, 0.25) is 0 Å². The second kappa shape index (κ2) is 8.21. The van der Waals surface area contributed by atoms with E-state index >= 15 is 0 Å². The van der Waals surface area contributed by atoms with Gasteiger partial charge in [-0.2, -0.15) is 0 Å². The molecule has 7 rings (SSSR count). The molecular weight excluding hydrogens is 508 g/mol. The van der Waals surface area contributed by atoms with E-state index in [9.17, 15) is 30.0 Å².